The van der Waals surface area contributed by atoms with Gasteiger partial charge in [-0.1, -0.05) is 234 Å². The Morgan fingerprint density at radius 3 is 1.24 bits per heavy atom. The zero-order valence-corrected chi connectivity index (χ0v) is 45.0. The molecule has 0 bridgehead atoms. The summed E-state index contributed by atoms with van der Waals surface area (Å²) in [4.78, 5) is 22.7. The van der Waals surface area contributed by atoms with Crippen molar-refractivity contribution >= 4 is 13.8 Å². The van der Waals surface area contributed by atoms with E-state index in [0.717, 1.165) is 77.0 Å². The highest BCUT2D eigenvalue weighted by Gasteiger charge is 2.25. The molecular weight excluding hydrogens is 866 g/mol. The second kappa shape index (κ2) is 55.6. The summed E-state index contributed by atoms with van der Waals surface area (Å²) in [5, 5.41) is 0. The number of carbonyl (C=O) groups is 1. The second-order valence-electron chi connectivity index (χ2n) is 18.4. The predicted molar refractivity (Wildman–Crippen MR) is 293 cm³/mol. The van der Waals surface area contributed by atoms with Crippen molar-refractivity contribution in [1.82, 2.24) is 0 Å². The summed E-state index contributed by atoms with van der Waals surface area (Å²) in [6.07, 6.45) is 73.4. The molecule has 0 aromatic heterocycles. The Balaban J connectivity index is 3.93. The van der Waals surface area contributed by atoms with Crippen molar-refractivity contribution in [2.24, 2.45) is 5.73 Å². The first-order valence-electron chi connectivity index (χ1n) is 28.1. The second-order valence-corrected chi connectivity index (χ2v) is 19.9. The van der Waals surface area contributed by atoms with Crippen molar-refractivity contribution in [2.75, 3.05) is 33.0 Å². The molecule has 0 aliphatic rings. The first-order chi connectivity index (χ1) is 33.4. The number of esters is 1. The zero-order valence-electron chi connectivity index (χ0n) is 44.1. The smallest absolute Gasteiger partial charge is 0.457 e. The molecule has 394 valence electrons. The van der Waals surface area contributed by atoms with Crippen LogP contribution in [-0.4, -0.2) is 49.9 Å². The van der Waals surface area contributed by atoms with Crippen molar-refractivity contribution < 1.29 is 32.8 Å². The van der Waals surface area contributed by atoms with E-state index in [4.69, 9.17) is 24.3 Å². The third kappa shape index (κ3) is 54.6. The van der Waals surface area contributed by atoms with E-state index < -0.39 is 13.9 Å². The largest absolute Gasteiger partial charge is 0.472 e. The van der Waals surface area contributed by atoms with E-state index in [1.54, 1.807) is 0 Å². The van der Waals surface area contributed by atoms with Gasteiger partial charge < -0.3 is 20.1 Å². The minimum atomic E-state index is -4.29. The maximum Gasteiger partial charge on any atom is 0.472 e. The first-order valence-corrected chi connectivity index (χ1v) is 29.6. The van der Waals surface area contributed by atoms with E-state index in [1.165, 1.54) is 148 Å². The summed E-state index contributed by atoms with van der Waals surface area (Å²) < 4.78 is 33.7. The van der Waals surface area contributed by atoms with Crippen LogP contribution in [0, 0.1) is 0 Å². The minimum Gasteiger partial charge on any atom is -0.457 e. The van der Waals surface area contributed by atoms with Crippen molar-refractivity contribution in [2.45, 2.75) is 251 Å². The number of nitrogens with two attached hydrogens (primary N) is 1. The van der Waals surface area contributed by atoms with Crippen LogP contribution in [0.4, 0.5) is 0 Å². The fourth-order valence-corrected chi connectivity index (χ4v) is 8.47. The van der Waals surface area contributed by atoms with E-state index >= 15 is 0 Å². The van der Waals surface area contributed by atoms with Gasteiger partial charge in [0.2, 0.25) is 0 Å². The van der Waals surface area contributed by atoms with E-state index in [1.807, 2.05) is 0 Å². The third-order valence-electron chi connectivity index (χ3n) is 11.8. The molecule has 2 unspecified atom stereocenters. The normalized spacial score (nSPS) is 13.9. The Labute approximate surface area is 419 Å². The Hall–Kier alpha value is -2.32. The number of phosphoric ester groups is 1. The van der Waals surface area contributed by atoms with E-state index in [9.17, 15) is 14.3 Å². The number of rotatable bonds is 53. The van der Waals surface area contributed by atoms with Gasteiger partial charge in [-0.15, -0.1) is 0 Å². The lowest BCUT2D eigenvalue weighted by atomic mass is 10.0. The molecule has 68 heavy (non-hydrogen) atoms. The summed E-state index contributed by atoms with van der Waals surface area (Å²) in [5.74, 6) is -0.338. The van der Waals surface area contributed by atoms with Crippen molar-refractivity contribution in [3.8, 4) is 0 Å². The minimum absolute atomic E-state index is 0.0955. The lowest BCUT2D eigenvalue weighted by Crippen LogP contribution is -2.28. The Morgan fingerprint density at radius 2 is 0.824 bits per heavy atom. The number of hydrogen-bond donors (Lipinski definition) is 2. The van der Waals surface area contributed by atoms with Gasteiger partial charge in [0.1, 0.15) is 6.10 Å². The quantitative estimate of drug-likeness (QED) is 0.0268. The lowest BCUT2D eigenvalue weighted by molar-refractivity contribution is -0.154. The fourth-order valence-electron chi connectivity index (χ4n) is 7.70. The van der Waals surface area contributed by atoms with Gasteiger partial charge >= 0.3 is 13.8 Å². The maximum atomic E-state index is 12.7. The van der Waals surface area contributed by atoms with Crippen LogP contribution in [0.15, 0.2) is 85.1 Å². The van der Waals surface area contributed by atoms with E-state index in [0.29, 0.717) is 13.0 Å². The third-order valence-corrected chi connectivity index (χ3v) is 12.8. The molecule has 0 amide bonds. The SMILES string of the molecule is CC/C=C\C/C=C\C/C=C\C/C=C\CCCCCCCCCCCCCCCOCC(COP(=O)(O)OCCN)OC(=O)CCCCCCCCCC/C=C\C/C=C\C/C=C\CCCCCCC. The first kappa shape index (κ1) is 65.7. The van der Waals surface area contributed by atoms with Crippen molar-refractivity contribution in [1.29, 1.82) is 0 Å². The molecule has 3 N–H and O–H groups in total. The number of ether oxygens (including phenoxy) is 2. The van der Waals surface area contributed by atoms with Gasteiger partial charge in [-0.05, 0) is 89.9 Å². The van der Waals surface area contributed by atoms with E-state index in [-0.39, 0.29) is 32.3 Å². The van der Waals surface area contributed by atoms with Gasteiger partial charge in [-0.3, -0.25) is 13.8 Å². The van der Waals surface area contributed by atoms with Gasteiger partial charge in [0.15, 0.2) is 0 Å². The summed E-state index contributed by atoms with van der Waals surface area (Å²) in [7, 11) is -4.29. The Morgan fingerprint density at radius 1 is 0.456 bits per heavy atom. The van der Waals surface area contributed by atoms with E-state index in [2.05, 4.69) is 98.9 Å². The molecule has 0 saturated heterocycles. The summed E-state index contributed by atoms with van der Waals surface area (Å²) in [6, 6.07) is 0. The van der Waals surface area contributed by atoms with Gasteiger partial charge in [0, 0.05) is 19.6 Å². The Kier molecular flexibility index (Phi) is 53.7. The average Bonchev–Trinajstić information content (AvgIpc) is 3.33. The van der Waals surface area contributed by atoms with Crippen molar-refractivity contribution in [3.63, 3.8) is 0 Å². The van der Waals surface area contributed by atoms with Crippen LogP contribution < -0.4 is 5.73 Å². The highest BCUT2D eigenvalue weighted by molar-refractivity contribution is 7.47. The molecule has 0 saturated carbocycles. The van der Waals surface area contributed by atoms with Crippen LogP contribution in [0.1, 0.15) is 245 Å². The Bertz CT molecular complexity index is 1320. The van der Waals surface area contributed by atoms with Crippen molar-refractivity contribution in [3.05, 3.63) is 85.1 Å². The van der Waals surface area contributed by atoms with Gasteiger partial charge in [0.05, 0.1) is 19.8 Å². The van der Waals surface area contributed by atoms with Crippen LogP contribution in [0.3, 0.4) is 0 Å². The molecule has 0 spiro atoms. The molecule has 0 rings (SSSR count). The van der Waals surface area contributed by atoms with Crippen LogP contribution in [0.25, 0.3) is 0 Å². The molecule has 0 aromatic rings. The number of allylic oxidation sites excluding steroid dienone is 14. The monoisotopic (exact) mass is 972 g/mol. The topological polar surface area (TPSA) is 117 Å². The highest BCUT2D eigenvalue weighted by Crippen LogP contribution is 2.43. The molecule has 0 heterocycles. The predicted octanol–water partition coefficient (Wildman–Crippen LogP) is 18.0. The average molecular weight is 972 g/mol. The summed E-state index contributed by atoms with van der Waals surface area (Å²) in [5.41, 5.74) is 5.40. The molecule has 9 heteroatoms. The zero-order chi connectivity index (χ0) is 49.4. The molecule has 0 radical (unpaired) electrons. The standard InChI is InChI=1S/C59H106NO7P/c1-3-5-7-9-11-13-15-17-19-21-23-25-27-28-29-31-33-35-37-39-41-43-45-47-49-51-54-64-56-58(57-66-68(62,63)65-55-53-60)67-59(61)52-50-48-46-44-42-40-38-36-34-32-30-26-24-22-20-18-16-14-12-10-8-6-4-2/h5,7,11,13,16-19,22-25,30,32,58H,3-4,6,8-10,12,14-15,20-21,26-29,31,33-57,60H2,1-2H3,(H,62,63)/b7-5-,13-11-,18-16-,19-17-,24-22-,25-23-,32-30-. The number of carbonyl (C=O) groups excluding carboxylic acids is 1. The summed E-state index contributed by atoms with van der Waals surface area (Å²) in [6.45, 7) is 4.80. The van der Waals surface area contributed by atoms with Crippen LogP contribution in [0.5, 0.6) is 0 Å². The van der Waals surface area contributed by atoms with Gasteiger partial charge in [-0.2, -0.15) is 0 Å². The summed E-state index contributed by atoms with van der Waals surface area (Å²) >= 11 is 0. The molecule has 8 nitrogen and oxygen atoms in total. The number of unbranched alkanes of at least 4 members (excludes halogenated alkanes) is 26. The number of hydrogen-bond acceptors (Lipinski definition) is 7. The van der Waals surface area contributed by atoms with Gasteiger partial charge in [-0.25, -0.2) is 4.57 Å². The molecule has 0 aliphatic heterocycles. The van der Waals surface area contributed by atoms with Crippen LogP contribution in [-0.2, 0) is 27.9 Å². The molecule has 0 aliphatic carbocycles. The fraction of sp³-hybridized carbons (Fsp3) is 0.746. The highest BCUT2D eigenvalue weighted by atomic mass is 31.2. The maximum absolute atomic E-state index is 12.7. The molecule has 0 fully saturated rings. The lowest BCUT2D eigenvalue weighted by Gasteiger charge is -2.20. The van der Waals surface area contributed by atoms with Crippen LogP contribution >= 0.6 is 7.82 Å². The number of phosphoric acid groups is 1. The van der Waals surface area contributed by atoms with Crippen LogP contribution in [0.2, 0.25) is 0 Å². The molecule has 2 atom stereocenters. The molecular formula is C59H106NO7P. The van der Waals surface area contributed by atoms with Gasteiger partial charge in [0.25, 0.3) is 0 Å². The molecule has 0 aromatic carbocycles.